The number of aromatic amines is 1. The predicted molar refractivity (Wildman–Crippen MR) is 62.9 cm³/mol. The number of nitrogens with two attached hydrogens (primary N) is 1. The zero-order valence-corrected chi connectivity index (χ0v) is 8.77. The molecule has 0 bridgehead atoms. The number of hydrogen-bond acceptors (Lipinski definition) is 7. The molecule has 8 nitrogen and oxygen atoms in total. The molecular weight excluding hydrogens is 226 g/mol. The quantitative estimate of drug-likeness (QED) is 0.365. The number of fused-ring (bicyclic) bond motifs is 1. The number of anilines is 3. The standard InChI is InChI=1S/C9H15N5O3/c1-3(15)6(16)4-2-11-7-5(12-4)8(17)14-9(10)13-7/h3-4,6,12,15-16H,2H2,1H3,(H4,10,11,13,14,17)/t3-,4+,6-/m0/s1/i1D3. The van der Waals surface area contributed by atoms with Crippen LogP contribution in [-0.2, 0) is 0 Å². The number of hydrogen-bond donors (Lipinski definition) is 6. The second-order valence-electron chi connectivity index (χ2n) is 3.74. The molecule has 0 unspecified atom stereocenters. The number of aromatic nitrogens is 2. The molecule has 1 aliphatic rings. The number of nitrogens with zero attached hydrogens (tertiary/aromatic N) is 1. The Balaban J connectivity index is 2.21. The summed E-state index contributed by atoms with van der Waals surface area (Å²) in [5.74, 6) is 0.141. The monoisotopic (exact) mass is 244 g/mol. The summed E-state index contributed by atoms with van der Waals surface area (Å²) >= 11 is 0. The maximum atomic E-state index is 11.7. The van der Waals surface area contributed by atoms with E-state index in [1.807, 2.05) is 0 Å². The number of nitrogen functional groups attached to an aromatic ring is 1. The highest BCUT2D eigenvalue weighted by Gasteiger charge is 2.29. The van der Waals surface area contributed by atoms with E-state index in [9.17, 15) is 15.0 Å². The first kappa shape index (κ1) is 8.31. The smallest absolute Gasteiger partial charge is 0.277 e. The van der Waals surface area contributed by atoms with Gasteiger partial charge in [-0.3, -0.25) is 9.78 Å². The molecule has 1 aromatic rings. The van der Waals surface area contributed by atoms with Crippen LogP contribution in [0.1, 0.15) is 11.0 Å². The van der Waals surface area contributed by atoms with Crippen molar-refractivity contribution in [3.05, 3.63) is 10.4 Å². The number of aliphatic hydroxyl groups is 2. The molecule has 1 aliphatic heterocycles. The first-order valence-electron chi connectivity index (χ1n) is 6.46. The van der Waals surface area contributed by atoms with Gasteiger partial charge in [0, 0.05) is 10.7 Å². The van der Waals surface area contributed by atoms with Crippen molar-refractivity contribution in [2.75, 3.05) is 22.9 Å². The minimum absolute atomic E-state index is 0.0345. The Morgan fingerprint density at radius 3 is 3.12 bits per heavy atom. The van der Waals surface area contributed by atoms with Crippen LogP contribution in [0.15, 0.2) is 4.79 Å². The van der Waals surface area contributed by atoms with Gasteiger partial charge < -0.3 is 26.6 Å². The van der Waals surface area contributed by atoms with Crippen molar-refractivity contribution in [2.24, 2.45) is 0 Å². The highest BCUT2D eigenvalue weighted by molar-refractivity contribution is 5.67. The molecule has 3 atom stereocenters. The van der Waals surface area contributed by atoms with E-state index in [0.717, 1.165) is 0 Å². The summed E-state index contributed by atoms with van der Waals surface area (Å²) in [5.41, 5.74) is 4.86. The number of nitrogens with one attached hydrogen (secondary N) is 3. The Bertz CT molecular complexity index is 561. The highest BCUT2D eigenvalue weighted by Crippen LogP contribution is 2.21. The summed E-state index contributed by atoms with van der Waals surface area (Å²) in [4.78, 5) is 17.8. The first-order valence-corrected chi connectivity index (χ1v) is 4.96. The molecule has 0 fully saturated rings. The molecule has 7 N–H and O–H groups in total. The summed E-state index contributed by atoms with van der Waals surface area (Å²) < 4.78 is 21.2. The average Bonchev–Trinajstić information content (AvgIpc) is 2.35. The van der Waals surface area contributed by atoms with E-state index in [-0.39, 0.29) is 24.0 Å². The predicted octanol–water partition coefficient (Wildman–Crippen LogP) is -1.70. The number of H-pyrrole nitrogens is 1. The number of aliphatic hydroxyl groups excluding tert-OH is 2. The number of rotatable bonds is 2. The van der Waals surface area contributed by atoms with E-state index in [1.54, 1.807) is 0 Å². The normalized spacial score (nSPS) is 25.3. The second-order valence-corrected chi connectivity index (χ2v) is 3.74. The summed E-state index contributed by atoms with van der Waals surface area (Å²) in [6, 6.07) is -0.857. The third-order valence-corrected chi connectivity index (χ3v) is 2.49. The first-order chi connectivity index (χ1) is 9.20. The van der Waals surface area contributed by atoms with Crippen LogP contribution in [0, 0.1) is 0 Å². The Labute approximate surface area is 101 Å². The van der Waals surface area contributed by atoms with E-state index < -0.39 is 30.7 Å². The largest absolute Gasteiger partial charge is 0.391 e. The van der Waals surface area contributed by atoms with Crippen LogP contribution in [0.4, 0.5) is 17.5 Å². The van der Waals surface area contributed by atoms with Crippen molar-refractivity contribution >= 4 is 17.5 Å². The zero-order chi connectivity index (χ0) is 15.1. The molecule has 2 heterocycles. The van der Waals surface area contributed by atoms with Gasteiger partial charge in [-0.1, -0.05) is 0 Å². The fourth-order valence-electron chi connectivity index (χ4n) is 1.62. The van der Waals surface area contributed by atoms with Gasteiger partial charge in [0.2, 0.25) is 5.95 Å². The van der Waals surface area contributed by atoms with E-state index >= 15 is 0 Å². The van der Waals surface area contributed by atoms with E-state index in [0.29, 0.717) is 0 Å². The fourth-order valence-corrected chi connectivity index (χ4v) is 1.62. The Hall–Kier alpha value is -1.80. The lowest BCUT2D eigenvalue weighted by molar-refractivity contribution is 0.0214. The second kappa shape index (κ2) is 4.22. The topological polar surface area (TPSA) is 136 Å². The minimum atomic E-state index is -2.72. The molecule has 0 saturated heterocycles. The van der Waals surface area contributed by atoms with E-state index in [1.165, 1.54) is 0 Å². The Morgan fingerprint density at radius 1 is 1.65 bits per heavy atom. The van der Waals surface area contributed by atoms with Crippen molar-refractivity contribution in [3.8, 4) is 0 Å². The van der Waals surface area contributed by atoms with Gasteiger partial charge in [-0.2, -0.15) is 4.98 Å². The van der Waals surface area contributed by atoms with Gasteiger partial charge in [-0.25, -0.2) is 0 Å². The van der Waals surface area contributed by atoms with Crippen molar-refractivity contribution < 1.29 is 14.3 Å². The maximum Gasteiger partial charge on any atom is 0.277 e. The Morgan fingerprint density at radius 2 is 2.41 bits per heavy atom. The maximum absolute atomic E-state index is 11.7. The van der Waals surface area contributed by atoms with Gasteiger partial charge in [-0.05, 0) is 6.85 Å². The molecular formula is C9H15N5O3. The molecule has 17 heavy (non-hydrogen) atoms. The molecule has 1 aromatic heterocycles. The minimum Gasteiger partial charge on any atom is -0.391 e. The molecule has 0 radical (unpaired) electrons. The lowest BCUT2D eigenvalue weighted by atomic mass is 10.0. The highest BCUT2D eigenvalue weighted by atomic mass is 16.3. The SMILES string of the molecule is [2H]C([2H])([2H])[C@H](O)[C@H](O)[C@H]1CNc2nc(N)[nH]c(=O)c2N1. The summed E-state index contributed by atoms with van der Waals surface area (Å²) in [7, 11) is 0. The molecule has 8 heteroatoms. The molecule has 0 saturated carbocycles. The third-order valence-electron chi connectivity index (χ3n) is 2.49. The molecule has 2 rings (SSSR count). The van der Waals surface area contributed by atoms with Crippen LogP contribution in [0.5, 0.6) is 0 Å². The van der Waals surface area contributed by atoms with Crippen molar-refractivity contribution in [3.63, 3.8) is 0 Å². The van der Waals surface area contributed by atoms with Crippen molar-refractivity contribution in [1.29, 1.82) is 0 Å². The lowest BCUT2D eigenvalue weighted by Crippen LogP contribution is -2.48. The van der Waals surface area contributed by atoms with Crippen LogP contribution < -0.4 is 21.9 Å². The summed E-state index contributed by atoms with van der Waals surface area (Å²) in [6.45, 7) is -2.63. The summed E-state index contributed by atoms with van der Waals surface area (Å²) in [5, 5.41) is 24.9. The fraction of sp³-hybridized carbons (Fsp3) is 0.556. The van der Waals surface area contributed by atoms with Gasteiger partial charge in [0.25, 0.3) is 5.56 Å². The molecule has 0 aromatic carbocycles. The average molecular weight is 244 g/mol. The van der Waals surface area contributed by atoms with Gasteiger partial charge in [-0.15, -0.1) is 0 Å². The summed E-state index contributed by atoms with van der Waals surface area (Å²) in [6.07, 6.45) is -3.51. The van der Waals surface area contributed by atoms with Gasteiger partial charge >= 0.3 is 0 Å². The molecule has 0 aliphatic carbocycles. The van der Waals surface area contributed by atoms with Gasteiger partial charge in [0.1, 0.15) is 11.8 Å². The third kappa shape index (κ3) is 2.17. The lowest BCUT2D eigenvalue weighted by Gasteiger charge is -2.31. The van der Waals surface area contributed by atoms with Crippen LogP contribution in [0.25, 0.3) is 0 Å². The molecule has 0 amide bonds. The van der Waals surface area contributed by atoms with Crippen LogP contribution >= 0.6 is 0 Å². The Kier molecular flexibility index (Phi) is 2.07. The van der Waals surface area contributed by atoms with E-state index in [2.05, 4.69) is 20.6 Å². The van der Waals surface area contributed by atoms with Crippen LogP contribution in [-0.4, -0.2) is 45.0 Å². The van der Waals surface area contributed by atoms with E-state index in [4.69, 9.17) is 9.85 Å². The van der Waals surface area contributed by atoms with Gasteiger partial charge in [0.15, 0.2) is 5.82 Å². The van der Waals surface area contributed by atoms with Crippen molar-refractivity contribution in [1.82, 2.24) is 9.97 Å². The molecule has 94 valence electrons. The molecule has 0 spiro atoms. The van der Waals surface area contributed by atoms with Crippen LogP contribution in [0.3, 0.4) is 0 Å². The van der Waals surface area contributed by atoms with Gasteiger partial charge in [0.05, 0.1) is 12.1 Å². The van der Waals surface area contributed by atoms with Crippen LogP contribution in [0.2, 0.25) is 0 Å². The van der Waals surface area contributed by atoms with Crippen molar-refractivity contribution in [2.45, 2.75) is 25.1 Å². The zero-order valence-electron chi connectivity index (χ0n) is 11.8.